The molecule has 174 valence electrons. The van der Waals surface area contributed by atoms with Crippen LogP contribution in [0.3, 0.4) is 0 Å². The van der Waals surface area contributed by atoms with Crippen LogP contribution < -0.4 is 5.32 Å². The molecule has 1 unspecified atom stereocenters. The van der Waals surface area contributed by atoms with Crippen LogP contribution in [-0.4, -0.2) is 34.5 Å². The van der Waals surface area contributed by atoms with Gasteiger partial charge in [-0.2, -0.15) is 0 Å². The first-order chi connectivity index (χ1) is 15.9. The fraction of sp³-hybridized carbons (Fsp3) is 0.391. The highest BCUT2D eigenvalue weighted by molar-refractivity contribution is 7.11. The summed E-state index contributed by atoms with van der Waals surface area (Å²) in [6, 6.07) is 3.18. The fourth-order valence-electron chi connectivity index (χ4n) is 4.35. The molecule has 0 bridgehead atoms. The molecule has 2 heterocycles. The second-order valence-corrected chi connectivity index (χ2v) is 9.24. The molecular weight excluding hydrogens is 469 g/mol. The highest BCUT2D eigenvalue weighted by Crippen LogP contribution is 2.42. The molecular formula is C23H23ClFN3O4S. The number of carboxylic acids is 1. The Labute approximate surface area is 199 Å². The smallest absolute Gasteiger partial charge is 0.338 e. The summed E-state index contributed by atoms with van der Waals surface area (Å²) >= 11 is 7.78. The molecule has 10 heteroatoms. The van der Waals surface area contributed by atoms with Crippen molar-refractivity contribution in [3.63, 3.8) is 0 Å². The van der Waals surface area contributed by atoms with Crippen molar-refractivity contribution < 1.29 is 23.8 Å². The Bertz CT molecular complexity index is 1110. The zero-order valence-electron chi connectivity index (χ0n) is 17.9. The lowest BCUT2D eigenvalue weighted by Crippen LogP contribution is -2.38. The van der Waals surface area contributed by atoms with Crippen LogP contribution in [0, 0.1) is 17.7 Å². The van der Waals surface area contributed by atoms with Gasteiger partial charge in [-0.1, -0.05) is 17.7 Å². The fourth-order valence-corrected chi connectivity index (χ4v) is 5.21. The Morgan fingerprint density at radius 3 is 2.67 bits per heavy atom. The van der Waals surface area contributed by atoms with Crippen molar-refractivity contribution in [1.82, 2.24) is 10.3 Å². The Morgan fingerprint density at radius 1 is 1.30 bits per heavy atom. The Kier molecular flexibility index (Phi) is 7.09. The van der Waals surface area contributed by atoms with E-state index in [0.29, 0.717) is 53.4 Å². The molecule has 2 aliphatic rings. The third-order valence-corrected chi connectivity index (χ3v) is 7.05. The van der Waals surface area contributed by atoms with E-state index in [4.69, 9.17) is 21.3 Å². The number of carbonyl (C=O) groups excluding carboxylic acids is 1. The van der Waals surface area contributed by atoms with Gasteiger partial charge in [-0.25, -0.2) is 14.2 Å². The predicted molar refractivity (Wildman–Crippen MR) is 123 cm³/mol. The predicted octanol–water partition coefficient (Wildman–Crippen LogP) is 4.73. The van der Waals surface area contributed by atoms with Crippen LogP contribution in [0.4, 0.5) is 4.39 Å². The molecule has 0 saturated heterocycles. The maximum atomic E-state index is 13.8. The number of ether oxygens (including phenoxy) is 1. The first kappa shape index (κ1) is 23.4. The van der Waals surface area contributed by atoms with E-state index in [0.717, 1.165) is 0 Å². The molecule has 1 aromatic heterocycles. The van der Waals surface area contributed by atoms with Gasteiger partial charge in [0.1, 0.15) is 11.9 Å². The summed E-state index contributed by atoms with van der Waals surface area (Å²) in [4.78, 5) is 33.7. The van der Waals surface area contributed by atoms with Gasteiger partial charge in [0.05, 0.1) is 18.1 Å². The quantitative estimate of drug-likeness (QED) is 0.566. The summed E-state index contributed by atoms with van der Waals surface area (Å²) in [6.07, 6.45) is 3.86. The molecule has 0 radical (unpaired) electrons. The first-order valence-corrected chi connectivity index (χ1v) is 12.0. The Balaban J connectivity index is 1.82. The zero-order valence-corrected chi connectivity index (χ0v) is 19.5. The van der Waals surface area contributed by atoms with Gasteiger partial charge >= 0.3 is 11.9 Å². The lowest BCUT2D eigenvalue weighted by Gasteiger charge is -2.34. The minimum atomic E-state index is -0.815. The molecule has 0 spiro atoms. The van der Waals surface area contributed by atoms with E-state index in [2.05, 4.69) is 10.3 Å². The van der Waals surface area contributed by atoms with E-state index in [1.165, 1.54) is 29.5 Å². The number of thiazole rings is 1. The number of carbonyl (C=O) groups is 2. The van der Waals surface area contributed by atoms with E-state index in [1.54, 1.807) is 13.1 Å². The summed E-state index contributed by atoms with van der Waals surface area (Å²) in [5, 5.41) is 15.3. The van der Waals surface area contributed by atoms with Crippen LogP contribution in [0.15, 0.2) is 46.0 Å². The molecule has 1 saturated carbocycles. The number of esters is 1. The number of halogens is 2. The standard InChI is InChI=1S/C23H23ClFN3O4S/c1-2-32-23(31)17-18(12-3-5-13(6-4-12)22(29)30)27-20(21-26-9-10-33-21)28-19(17)15-8-7-14(25)11-16(15)24/h7-13,19H,2-6H2,1H3,(H,27,28)(H,29,30). The maximum Gasteiger partial charge on any atom is 0.338 e. The summed E-state index contributed by atoms with van der Waals surface area (Å²) in [6.45, 7) is 1.89. The number of aliphatic carboxylic acids is 1. The van der Waals surface area contributed by atoms with Crippen LogP contribution >= 0.6 is 22.9 Å². The number of aromatic nitrogens is 1. The lowest BCUT2D eigenvalue weighted by molar-refractivity contribution is -0.143. The summed E-state index contributed by atoms with van der Waals surface area (Å²) in [5.74, 6) is -1.83. The van der Waals surface area contributed by atoms with Crippen LogP contribution in [0.25, 0.3) is 0 Å². The van der Waals surface area contributed by atoms with Crippen LogP contribution in [0.1, 0.15) is 49.2 Å². The van der Waals surface area contributed by atoms with Crippen molar-refractivity contribution in [2.24, 2.45) is 16.8 Å². The summed E-state index contributed by atoms with van der Waals surface area (Å²) < 4.78 is 19.1. The van der Waals surface area contributed by atoms with Crippen molar-refractivity contribution in [2.45, 2.75) is 38.6 Å². The average Bonchev–Trinajstić information content (AvgIpc) is 3.33. The highest BCUT2D eigenvalue weighted by Gasteiger charge is 2.38. The normalized spacial score (nSPS) is 23.0. The zero-order chi connectivity index (χ0) is 23.5. The number of allylic oxidation sites excluding steroid dienone is 1. The molecule has 33 heavy (non-hydrogen) atoms. The average molecular weight is 492 g/mol. The number of hydrogen-bond donors (Lipinski definition) is 2. The van der Waals surface area contributed by atoms with E-state index in [-0.39, 0.29) is 17.5 Å². The molecule has 1 fully saturated rings. The molecule has 0 amide bonds. The van der Waals surface area contributed by atoms with Gasteiger partial charge in [0.15, 0.2) is 10.8 Å². The number of hydrogen-bond acceptors (Lipinski definition) is 7. The number of aliphatic imine (C=N–C) groups is 1. The number of carboxylic acid groups (broad SMARTS) is 1. The maximum absolute atomic E-state index is 13.8. The highest BCUT2D eigenvalue weighted by atomic mass is 35.5. The minimum Gasteiger partial charge on any atom is -0.481 e. The molecule has 1 aliphatic carbocycles. The van der Waals surface area contributed by atoms with Crippen molar-refractivity contribution in [2.75, 3.05) is 6.61 Å². The molecule has 2 aromatic rings. The van der Waals surface area contributed by atoms with Gasteiger partial charge in [-0.15, -0.1) is 11.3 Å². The van der Waals surface area contributed by atoms with Gasteiger partial charge in [-0.05, 0) is 50.7 Å². The molecule has 1 aromatic carbocycles. The summed E-state index contributed by atoms with van der Waals surface area (Å²) in [5.41, 5.74) is 1.43. The number of amidine groups is 1. The lowest BCUT2D eigenvalue weighted by atomic mass is 9.78. The minimum absolute atomic E-state index is 0.0906. The number of benzene rings is 1. The van der Waals surface area contributed by atoms with E-state index in [9.17, 15) is 19.1 Å². The molecule has 2 N–H and O–H groups in total. The summed E-state index contributed by atoms with van der Waals surface area (Å²) in [7, 11) is 0. The topological polar surface area (TPSA) is 101 Å². The van der Waals surface area contributed by atoms with Gasteiger partial charge in [0.2, 0.25) is 0 Å². The number of rotatable bonds is 6. The van der Waals surface area contributed by atoms with E-state index >= 15 is 0 Å². The van der Waals surface area contributed by atoms with E-state index in [1.807, 2.05) is 5.38 Å². The SMILES string of the molecule is CCOC(=O)C1=C(C2CCC(C(=O)O)CC2)NC(c2nccs2)=NC1c1ccc(F)cc1Cl. The Hall–Kier alpha value is -2.78. The van der Waals surface area contributed by atoms with E-state index < -0.39 is 29.7 Å². The molecule has 4 rings (SSSR count). The number of nitrogens with zero attached hydrogens (tertiary/aromatic N) is 2. The first-order valence-electron chi connectivity index (χ1n) is 10.7. The largest absolute Gasteiger partial charge is 0.481 e. The third kappa shape index (κ3) is 4.94. The van der Waals surface area contributed by atoms with Crippen LogP contribution in [0.2, 0.25) is 5.02 Å². The second kappa shape index (κ2) is 10.0. The van der Waals surface area contributed by atoms with Crippen molar-refractivity contribution in [1.29, 1.82) is 0 Å². The van der Waals surface area contributed by atoms with Crippen LogP contribution in [0.5, 0.6) is 0 Å². The monoisotopic (exact) mass is 491 g/mol. The van der Waals surface area contributed by atoms with Crippen molar-refractivity contribution >= 4 is 40.7 Å². The van der Waals surface area contributed by atoms with Gasteiger partial charge in [0.25, 0.3) is 0 Å². The van der Waals surface area contributed by atoms with Crippen LogP contribution in [-0.2, 0) is 14.3 Å². The van der Waals surface area contributed by atoms with Gasteiger partial charge < -0.3 is 15.2 Å². The van der Waals surface area contributed by atoms with Crippen molar-refractivity contribution in [3.05, 3.63) is 62.5 Å². The molecule has 1 atom stereocenters. The van der Waals surface area contributed by atoms with Gasteiger partial charge in [0, 0.05) is 27.9 Å². The molecule has 7 nitrogen and oxygen atoms in total. The van der Waals surface area contributed by atoms with Crippen molar-refractivity contribution in [3.8, 4) is 0 Å². The number of nitrogens with one attached hydrogen (secondary N) is 1. The van der Waals surface area contributed by atoms with Gasteiger partial charge in [-0.3, -0.25) is 9.79 Å². The Morgan fingerprint density at radius 2 is 2.06 bits per heavy atom. The molecule has 1 aliphatic heterocycles. The third-order valence-electron chi connectivity index (χ3n) is 5.95. The second-order valence-electron chi connectivity index (χ2n) is 7.94.